The smallest absolute Gasteiger partial charge is 0.184 e. The highest BCUT2D eigenvalue weighted by Gasteiger charge is 2.14. The molecule has 1 heterocycles. The van der Waals surface area contributed by atoms with Gasteiger partial charge in [-0.3, -0.25) is 0 Å². The first kappa shape index (κ1) is 15.1. The fourth-order valence-corrected chi connectivity index (χ4v) is 3.36. The van der Waals surface area contributed by atoms with Gasteiger partial charge < -0.3 is 16.0 Å². The summed E-state index contributed by atoms with van der Waals surface area (Å²) in [5, 5.41) is 4.56. The van der Waals surface area contributed by atoms with Gasteiger partial charge in [-0.2, -0.15) is 0 Å². The molecule has 2 aromatic rings. The maximum Gasteiger partial charge on any atom is 0.184 e. The molecule has 0 spiro atoms. The molecule has 0 amide bonds. The molecule has 1 unspecified atom stereocenters. The van der Waals surface area contributed by atoms with Gasteiger partial charge in [0.2, 0.25) is 0 Å². The van der Waals surface area contributed by atoms with E-state index in [0.29, 0.717) is 12.0 Å². The number of nitrogens with one attached hydrogen (secondary N) is 1. The Morgan fingerprint density at radius 2 is 2.10 bits per heavy atom. The minimum atomic E-state index is 0.419. The number of benzene rings is 1. The van der Waals surface area contributed by atoms with Gasteiger partial charge in [0.15, 0.2) is 5.13 Å². The highest BCUT2D eigenvalue weighted by Crippen LogP contribution is 2.28. The second kappa shape index (κ2) is 6.41. The zero-order chi connectivity index (χ0) is 14.7. The fourth-order valence-electron chi connectivity index (χ4n) is 2.37. The molecule has 0 saturated carbocycles. The van der Waals surface area contributed by atoms with Crippen molar-refractivity contribution < 1.29 is 0 Å². The minimum Gasteiger partial charge on any atom is -0.399 e. The van der Waals surface area contributed by atoms with Crippen molar-refractivity contribution in [3.8, 4) is 0 Å². The standard InChI is InChI=1S/C15H24N4S/c1-10(2)7-12(9-19(3)4)17-15-18-13-6-5-11(16)8-14(13)20-15/h5-6,8,10,12H,7,9,16H2,1-4H3,(H,17,18). The average molecular weight is 292 g/mol. The lowest BCUT2D eigenvalue weighted by molar-refractivity contribution is 0.356. The van der Waals surface area contributed by atoms with E-state index < -0.39 is 0 Å². The van der Waals surface area contributed by atoms with E-state index in [1.165, 1.54) is 0 Å². The van der Waals surface area contributed by atoms with E-state index in [4.69, 9.17) is 5.73 Å². The van der Waals surface area contributed by atoms with Crippen LogP contribution in [-0.2, 0) is 0 Å². The quantitative estimate of drug-likeness (QED) is 0.802. The second-order valence-electron chi connectivity index (χ2n) is 5.98. The van der Waals surface area contributed by atoms with Crippen molar-refractivity contribution >= 4 is 32.4 Å². The third kappa shape index (κ3) is 4.08. The number of nitrogen functional groups attached to an aromatic ring is 1. The third-order valence-corrected chi connectivity index (χ3v) is 4.03. The first-order valence-electron chi connectivity index (χ1n) is 7.01. The monoisotopic (exact) mass is 292 g/mol. The van der Waals surface area contributed by atoms with E-state index in [1.807, 2.05) is 18.2 Å². The van der Waals surface area contributed by atoms with Gasteiger partial charge in [0.25, 0.3) is 0 Å². The van der Waals surface area contributed by atoms with Crippen LogP contribution in [0, 0.1) is 5.92 Å². The number of rotatable bonds is 6. The van der Waals surface area contributed by atoms with Crippen LogP contribution in [0.2, 0.25) is 0 Å². The summed E-state index contributed by atoms with van der Waals surface area (Å²) < 4.78 is 1.14. The molecule has 3 N–H and O–H groups in total. The molecule has 20 heavy (non-hydrogen) atoms. The number of thiazole rings is 1. The molecule has 0 aliphatic rings. The van der Waals surface area contributed by atoms with Gasteiger partial charge in [-0.25, -0.2) is 4.98 Å². The minimum absolute atomic E-state index is 0.419. The normalized spacial score (nSPS) is 13.3. The summed E-state index contributed by atoms with van der Waals surface area (Å²) in [6.07, 6.45) is 1.14. The first-order valence-corrected chi connectivity index (χ1v) is 7.83. The average Bonchev–Trinajstić information content (AvgIpc) is 2.68. The number of fused-ring (bicyclic) bond motifs is 1. The van der Waals surface area contributed by atoms with Crippen LogP contribution >= 0.6 is 11.3 Å². The fraction of sp³-hybridized carbons (Fsp3) is 0.533. The maximum absolute atomic E-state index is 5.82. The second-order valence-corrected chi connectivity index (χ2v) is 7.01. The van der Waals surface area contributed by atoms with E-state index in [2.05, 4.69) is 43.1 Å². The summed E-state index contributed by atoms with van der Waals surface area (Å²) in [5.41, 5.74) is 7.62. The van der Waals surface area contributed by atoms with Gasteiger partial charge in [0.1, 0.15) is 0 Å². The van der Waals surface area contributed by atoms with Crippen molar-refractivity contribution in [1.29, 1.82) is 0 Å². The molecule has 5 heteroatoms. The lowest BCUT2D eigenvalue weighted by Gasteiger charge is -2.23. The van der Waals surface area contributed by atoms with Crippen LogP contribution in [0.25, 0.3) is 10.2 Å². The largest absolute Gasteiger partial charge is 0.399 e. The van der Waals surface area contributed by atoms with E-state index in [0.717, 1.165) is 34.0 Å². The Morgan fingerprint density at radius 1 is 1.35 bits per heavy atom. The summed E-state index contributed by atoms with van der Waals surface area (Å²) in [4.78, 5) is 6.86. The number of aromatic nitrogens is 1. The van der Waals surface area contributed by atoms with Gasteiger partial charge in [0.05, 0.1) is 10.2 Å². The highest BCUT2D eigenvalue weighted by atomic mass is 32.1. The third-order valence-electron chi connectivity index (χ3n) is 3.08. The van der Waals surface area contributed by atoms with Crippen molar-refractivity contribution in [2.24, 2.45) is 5.92 Å². The van der Waals surface area contributed by atoms with E-state index in [1.54, 1.807) is 11.3 Å². The van der Waals surface area contributed by atoms with Crippen molar-refractivity contribution in [2.45, 2.75) is 26.3 Å². The summed E-state index contributed by atoms with van der Waals surface area (Å²) in [6.45, 7) is 5.52. The van der Waals surface area contributed by atoms with Crippen LogP contribution in [0.1, 0.15) is 20.3 Å². The molecule has 1 aromatic carbocycles. The van der Waals surface area contributed by atoms with Crippen LogP contribution in [-0.4, -0.2) is 36.6 Å². The Morgan fingerprint density at radius 3 is 2.75 bits per heavy atom. The predicted molar refractivity (Wildman–Crippen MR) is 89.5 cm³/mol. The zero-order valence-corrected chi connectivity index (χ0v) is 13.5. The predicted octanol–water partition coefficient (Wildman–Crippen LogP) is 3.27. The van der Waals surface area contributed by atoms with Gasteiger partial charge >= 0.3 is 0 Å². The maximum atomic E-state index is 5.82. The Labute approximate surface area is 125 Å². The summed E-state index contributed by atoms with van der Waals surface area (Å²) in [5.74, 6) is 0.664. The molecular weight excluding hydrogens is 268 g/mol. The Hall–Kier alpha value is -1.33. The van der Waals surface area contributed by atoms with Crippen molar-refractivity contribution in [3.63, 3.8) is 0 Å². The SMILES string of the molecule is CC(C)CC(CN(C)C)Nc1nc2ccc(N)cc2s1. The molecule has 0 aliphatic heterocycles. The highest BCUT2D eigenvalue weighted by molar-refractivity contribution is 7.22. The molecule has 0 radical (unpaired) electrons. The number of hydrogen-bond acceptors (Lipinski definition) is 5. The molecule has 2 rings (SSSR count). The molecule has 4 nitrogen and oxygen atoms in total. The number of nitrogens with zero attached hydrogens (tertiary/aromatic N) is 2. The van der Waals surface area contributed by atoms with Crippen LogP contribution in [0.3, 0.4) is 0 Å². The van der Waals surface area contributed by atoms with Crippen molar-refractivity contribution in [3.05, 3.63) is 18.2 Å². The Bertz CT molecular complexity index is 552. The van der Waals surface area contributed by atoms with E-state index >= 15 is 0 Å². The van der Waals surface area contributed by atoms with Gasteiger partial charge in [-0.1, -0.05) is 25.2 Å². The molecule has 0 fully saturated rings. The molecule has 110 valence electrons. The summed E-state index contributed by atoms with van der Waals surface area (Å²) in [6, 6.07) is 6.29. The molecule has 0 saturated heterocycles. The topological polar surface area (TPSA) is 54.2 Å². The molecule has 0 aliphatic carbocycles. The number of hydrogen-bond donors (Lipinski definition) is 2. The van der Waals surface area contributed by atoms with E-state index in [-0.39, 0.29) is 0 Å². The molecule has 1 atom stereocenters. The molecular formula is C15H24N4S. The number of likely N-dealkylation sites (N-methyl/N-ethyl adjacent to an activating group) is 1. The number of anilines is 2. The molecule has 1 aromatic heterocycles. The van der Waals surface area contributed by atoms with Crippen molar-refractivity contribution in [1.82, 2.24) is 9.88 Å². The lowest BCUT2D eigenvalue weighted by atomic mass is 10.0. The summed E-state index contributed by atoms with van der Waals surface area (Å²) >= 11 is 1.67. The van der Waals surface area contributed by atoms with Gasteiger partial charge in [-0.05, 0) is 44.6 Å². The summed E-state index contributed by atoms with van der Waals surface area (Å²) in [7, 11) is 4.21. The van der Waals surface area contributed by atoms with Gasteiger partial charge in [-0.15, -0.1) is 0 Å². The Balaban J connectivity index is 2.14. The number of nitrogens with two attached hydrogens (primary N) is 1. The van der Waals surface area contributed by atoms with Crippen LogP contribution < -0.4 is 11.1 Å². The van der Waals surface area contributed by atoms with Crippen LogP contribution in [0.5, 0.6) is 0 Å². The van der Waals surface area contributed by atoms with E-state index in [9.17, 15) is 0 Å². The van der Waals surface area contributed by atoms with Crippen LogP contribution in [0.4, 0.5) is 10.8 Å². The lowest BCUT2D eigenvalue weighted by Crippen LogP contribution is -2.33. The van der Waals surface area contributed by atoms with Gasteiger partial charge in [0, 0.05) is 18.3 Å². The van der Waals surface area contributed by atoms with Crippen molar-refractivity contribution in [2.75, 3.05) is 31.7 Å². The first-order chi connectivity index (χ1) is 9.44. The Kier molecular flexibility index (Phi) is 4.83. The van der Waals surface area contributed by atoms with Crippen LogP contribution in [0.15, 0.2) is 18.2 Å². The zero-order valence-electron chi connectivity index (χ0n) is 12.7. The molecule has 0 bridgehead atoms.